The molecule has 4 heteroatoms. The van der Waals surface area contributed by atoms with Gasteiger partial charge in [-0.3, -0.25) is 5.32 Å². The predicted octanol–water partition coefficient (Wildman–Crippen LogP) is 2.15. The lowest BCUT2D eigenvalue weighted by molar-refractivity contribution is -0.150. The lowest BCUT2D eigenvalue weighted by Crippen LogP contribution is -2.56. The van der Waals surface area contributed by atoms with E-state index in [0.29, 0.717) is 12.6 Å². The minimum absolute atomic E-state index is 0.213. The lowest BCUT2D eigenvalue weighted by Gasteiger charge is -2.36. The van der Waals surface area contributed by atoms with Gasteiger partial charge in [0.05, 0.1) is 7.11 Å². The monoisotopic (exact) mass is 290 g/mol. The molecule has 0 bridgehead atoms. The molecule has 1 fully saturated rings. The number of esters is 1. The SMILES string of the molecule is CCCNC(CN(C)C1CC1)(C(=O)OC)c1ccccc1. The molecule has 1 aliphatic carbocycles. The standard InChI is InChI=1S/C17H26N2O2/c1-4-12-18-17(16(20)21-3,13-19(2)15-10-11-15)14-8-6-5-7-9-14/h5-9,15,18H,4,10-13H2,1-3H3. The largest absolute Gasteiger partial charge is 0.467 e. The van der Waals surface area contributed by atoms with E-state index in [1.54, 1.807) is 0 Å². The smallest absolute Gasteiger partial charge is 0.332 e. The Morgan fingerprint density at radius 3 is 2.57 bits per heavy atom. The third-order valence-corrected chi connectivity index (χ3v) is 4.13. The van der Waals surface area contributed by atoms with Gasteiger partial charge >= 0.3 is 5.97 Å². The molecule has 1 aliphatic rings. The number of ether oxygens (including phenoxy) is 1. The Morgan fingerprint density at radius 1 is 1.38 bits per heavy atom. The predicted molar refractivity (Wildman–Crippen MR) is 84.1 cm³/mol. The van der Waals surface area contributed by atoms with Crippen LogP contribution in [-0.2, 0) is 15.1 Å². The first-order chi connectivity index (χ1) is 10.1. The first-order valence-electron chi connectivity index (χ1n) is 7.73. The molecule has 1 unspecified atom stereocenters. The van der Waals surface area contributed by atoms with Crippen LogP contribution in [-0.4, -0.2) is 44.2 Å². The van der Waals surface area contributed by atoms with E-state index in [1.807, 2.05) is 30.3 Å². The zero-order valence-corrected chi connectivity index (χ0v) is 13.3. The Balaban J connectivity index is 2.34. The second-order valence-electron chi connectivity index (χ2n) is 5.84. The Bertz CT molecular complexity index is 459. The van der Waals surface area contributed by atoms with Gasteiger partial charge in [-0.1, -0.05) is 37.3 Å². The van der Waals surface area contributed by atoms with Crippen LogP contribution in [0.15, 0.2) is 30.3 Å². The molecule has 1 aromatic rings. The van der Waals surface area contributed by atoms with E-state index in [0.717, 1.165) is 18.5 Å². The maximum Gasteiger partial charge on any atom is 0.332 e. The first-order valence-corrected chi connectivity index (χ1v) is 7.73. The van der Waals surface area contributed by atoms with Crippen LogP contribution >= 0.6 is 0 Å². The average Bonchev–Trinajstić information content (AvgIpc) is 3.36. The Kier molecular flexibility index (Phi) is 5.37. The molecule has 0 heterocycles. The fraction of sp³-hybridized carbons (Fsp3) is 0.588. The number of rotatable bonds is 8. The number of carbonyl (C=O) groups is 1. The molecule has 0 aromatic heterocycles. The molecule has 21 heavy (non-hydrogen) atoms. The summed E-state index contributed by atoms with van der Waals surface area (Å²) in [5, 5.41) is 3.45. The zero-order chi connectivity index (χ0) is 15.3. The summed E-state index contributed by atoms with van der Waals surface area (Å²) in [6, 6.07) is 10.5. The number of hydrogen-bond acceptors (Lipinski definition) is 4. The van der Waals surface area contributed by atoms with Crippen LogP contribution < -0.4 is 5.32 Å². The molecular formula is C17H26N2O2. The number of nitrogens with zero attached hydrogens (tertiary/aromatic N) is 1. The molecule has 1 aromatic carbocycles. The lowest BCUT2D eigenvalue weighted by atomic mass is 9.88. The second kappa shape index (κ2) is 7.05. The highest BCUT2D eigenvalue weighted by molar-refractivity contribution is 5.83. The van der Waals surface area contributed by atoms with E-state index in [4.69, 9.17) is 4.74 Å². The summed E-state index contributed by atoms with van der Waals surface area (Å²) in [6.45, 7) is 3.52. The van der Waals surface area contributed by atoms with Crippen LogP contribution in [0.3, 0.4) is 0 Å². The topological polar surface area (TPSA) is 41.6 Å². The van der Waals surface area contributed by atoms with Crippen molar-refractivity contribution in [1.29, 1.82) is 0 Å². The zero-order valence-electron chi connectivity index (χ0n) is 13.3. The fourth-order valence-electron chi connectivity index (χ4n) is 2.76. The number of methoxy groups -OCH3 is 1. The molecular weight excluding hydrogens is 264 g/mol. The molecule has 0 saturated heterocycles. The van der Waals surface area contributed by atoms with Crippen molar-refractivity contribution in [2.45, 2.75) is 37.8 Å². The van der Waals surface area contributed by atoms with Crippen molar-refractivity contribution in [2.75, 3.05) is 27.2 Å². The molecule has 1 atom stereocenters. The fourth-order valence-corrected chi connectivity index (χ4v) is 2.76. The van der Waals surface area contributed by atoms with Gasteiger partial charge in [0.15, 0.2) is 5.54 Å². The Morgan fingerprint density at radius 2 is 2.05 bits per heavy atom. The molecule has 1 saturated carbocycles. The van der Waals surface area contributed by atoms with Gasteiger partial charge in [0.25, 0.3) is 0 Å². The molecule has 1 N–H and O–H groups in total. The summed E-state index contributed by atoms with van der Waals surface area (Å²) >= 11 is 0. The number of likely N-dealkylation sites (N-methyl/N-ethyl adjacent to an activating group) is 1. The molecule has 4 nitrogen and oxygen atoms in total. The molecule has 0 amide bonds. The molecule has 2 rings (SSSR count). The van der Waals surface area contributed by atoms with Crippen molar-refractivity contribution in [3.05, 3.63) is 35.9 Å². The first kappa shape index (κ1) is 16.0. The minimum Gasteiger partial charge on any atom is -0.467 e. The average molecular weight is 290 g/mol. The van der Waals surface area contributed by atoms with E-state index < -0.39 is 5.54 Å². The quantitative estimate of drug-likeness (QED) is 0.745. The van der Waals surface area contributed by atoms with E-state index >= 15 is 0 Å². The molecule has 116 valence electrons. The van der Waals surface area contributed by atoms with Gasteiger partial charge in [0.1, 0.15) is 0 Å². The summed E-state index contributed by atoms with van der Waals surface area (Å²) in [5.41, 5.74) is 0.182. The number of benzene rings is 1. The highest BCUT2D eigenvalue weighted by Crippen LogP contribution is 2.31. The Labute approximate surface area is 127 Å². The van der Waals surface area contributed by atoms with Gasteiger partial charge < -0.3 is 9.64 Å². The van der Waals surface area contributed by atoms with Crippen molar-refractivity contribution in [1.82, 2.24) is 10.2 Å². The number of hydrogen-bond donors (Lipinski definition) is 1. The second-order valence-corrected chi connectivity index (χ2v) is 5.84. The number of nitrogens with one attached hydrogen (secondary N) is 1. The van der Waals surface area contributed by atoms with Gasteiger partial charge in [-0.25, -0.2) is 4.79 Å². The van der Waals surface area contributed by atoms with E-state index in [1.165, 1.54) is 20.0 Å². The van der Waals surface area contributed by atoms with Gasteiger partial charge in [-0.15, -0.1) is 0 Å². The van der Waals surface area contributed by atoms with Crippen LogP contribution in [0.4, 0.5) is 0 Å². The van der Waals surface area contributed by atoms with Crippen LogP contribution in [0.5, 0.6) is 0 Å². The molecule has 0 aliphatic heterocycles. The summed E-state index contributed by atoms with van der Waals surface area (Å²) in [7, 11) is 3.55. The van der Waals surface area contributed by atoms with Crippen molar-refractivity contribution in [2.24, 2.45) is 0 Å². The summed E-state index contributed by atoms with van der Waals surface area (Å²) in [6.07, 6.45) is 3.41. The van der Waals surface area contributed by atoms with Crippen molar-refractivity contribution in [3.8, 4) is 0 Å². The van der Waals surface area contributed by atoms with Crippen LogP contribution in [0, 0.1) is 0 Å². The summed E-state index contributed by atoms with van der Waals surface area (Å²) in [5.74, 6) is -0.213. The molecule has 0 radical (unpaired) electrons. The van der Waals surface area contributed by atoms with Gasteiger partial charge in [-0.2, -0.15) is 0 Å². The van der Waals surface area contributed by atoms with Gasteiger partial charge in [-0.05, 0) is 38.4 Å². The molecule has 0 spiro atoms. The summed E-state index contributed by atoms with van der Waals surface area (Å²) < 4.78 is 5.14. The van der Waals surface area contributed by atoms with E-state index in [9.17, 15) is 4.79 Å². The van der Waals surface area contributed by atoms with E-state index in [-0.39, 0.29) is 5.97 Å². The Hall–Kier alpha value is -1.39. The number of carbonyl (C=O) groups excluding carboxylic acids is 1. The van der Waals surface area contributed by atoms with Gasteiger partial charge in [0.2, 0.25) is 0 Å². The highest BCUT2D eigenvalue weighted by atomic mass is 16.5. The van der Waals surface area contributed by atoms with Crippen molar-refractivity contribution >= 4 is 5.97 Å². The maximum atomic E-state index is 12.6. The normalized spacial score (nSPS) is 17.5. The third kappa shape index (κ3) is 3.63. The van der Waals surface area contributed by atoms with Gasteiger partial charge in [0, 0.05) is 12.6 Å². The van der Waals surface area contributed by atoms with Crippen LogP contribution in [0.2, 0.25) is 0 Å². The third-order valence-electron chi connectivity index (χ3n) is 4.13. The minimum atomic E-state index is -0.788. The maximum absolute atomic E-state index is 12.6. The van der Waals surface area contributed by atoms with E-state index in [2.05, 4.69) is 24.2 Å². The highest BCUT2D eigenvalue weighted by Gasteiger charge is 2.44. The van der Waals surface area contributed by atoms with Crippen molar-refractivity contribution in [3.63, 3.8) is 0 Å². The van der Waals surface area contributed by atoms with Crippen molar-refractivity contribution < 1.29 is 9.53 Å². The van der Waals surface area contributed by atoms with Crippen LogP contribution in [0.1, 0.15) is 31.7 Å². The summed E-state index contributed by atoms with van der Waals surface area (Å²) in [4.78, 5) is 14.9. The van der Waals surface area contributed by atoms with Crippen LogP contribution in [0.25, 0.3) is 0 Å².